The van der Waals surface area contributed by atoms with E-state index >= 15 is 0 Å². The molecule has 0 atom stereocenters. The van der Waals surface area contributed by atoms with Gasteiger partial charge in [-0.25, -0.2) is 0 Å². The molecule has 2 amide bonds. The summed E-state index contributed by atoms with van der Waals surface area (Å²) < 4.78 is 10.6. The number of aromatic nitrogens is 1. The predicted molar refractivity (Wildman–Crippen MR) is 102 cm³/mol. The smallest absolute Gasteiger partial charge is 0.257 e. The Balaban J connectivity index is 1.54. The number of furan rings is 2. The molecular weight excluding hydrogens is 358 g/mol. The Bertz CT molecular complexity index is 888. The van der Waals surface area contributed by atoms with E-state index in [2.05, 4.69) is 10.3 Å². The van der Waals surface area contributed by atoms with Crippen LogP contribution in [0, 0.1) is 6.92 Å². The molecule has 7 heteroatoms. The first-order valence-corrected chi connectivity index (χ1v) is 9.16. The molecule has 0 aliphatic heterocycles. The molecule has 0 unspecified atom stereocenters. The largest absolute Gasteiger partial charge is 0.469 e. The van der Waals surface area contributed by atoms with E-state index in [9.17, 15) is 9.59 Å². The topological polar surface area (TPSA) is 88.6 Å². The summed E-state index contributed by atoms with van der Waals surface area (Å²) in [5, 5.41) is 2.87. The lowest BCUT2D eigenvalue weighted by atomic mass is 10.2. The fraction of sp³-hybridized carbons (Fsp3) is 0.286. The van der Waals surface area contributed by atoms with E-state index in [-0.39, 0.29) is 31.3 Å². The van der Waals surface area contributed by atoms with Gasteiger partial charge in [0.25, 0.3) is 5.91 Å². The van der Waals surface area contributed by atoms with Crippen molar-refractivity contribution in [3.63, 3.8) is 0 Å². The molecule has 0 saturated heterocycles. The second-order valence-electron chi connectivity index (χ2n) is 6.37. The quantitative estimate of drug-likeness (QED) is 0.616. The third kappa shape index (κ3) is 5.33. The molecule has 0 aliphatic rings. The molecule has 3 rings (SSSR count). The number of nitrogens with one attached hydrogen (secondary N) is 1. The Morgan fingerprint density at radius 2 is 2.00 bits per heavy atom. The third-order valence-electron chi connectivity index (χ3n) is 4.34. The van der Waals surface area contributed by atoms with Crippen LogP contribution >= 0.6 is 0 Å². The maximum absolute atomic E-state index is 12.8. The average molecular weight is 381 g/mol. The van der Waals surface area contributed by atoms with E-state index in [1.807, 2.05) is 18.2 Å². The van der Waals surface area contributed by atoms with Gasteiger partial charge in [-0.15, -0.1) is 0 Å². The highest BCUT2D eigenvalue weighted by Crippen LogP contribution is 2.15. The molecule has 1 N–H and O–H groups in total. The maximum Gasteiger partial charge on any atom is 0.257 e. The van der Waals surface area contributed by atoms with E-state index in [4.69, 9.17) is 8.83 Å². The molecule has 28 heavy (non-hydrogen) atoms. The van der Waals surface area contributed by atoms with Crippen LogP contribution < -0.4 is 5.32 Å². The van der Waals surface area contributed by atoms with Crippen LogP contribution in [-0.2, 0) is 17.8 Å². The summed E-state index contributed by atoms with van der Waals surface area (Å²) >= 11 is 0. The van der Waals surface area contributed by atoms with Gasteiger partial charge < -0.3 is 19.1 Å². The molecule has 0 aromatic carbocycles. The number of nitrogens with zero attached hydrogens (tertiary/aromatic N) is 2. The minimum absolute atomic E-state index is 0.114. The fourth-order valence-corrected chi connectivity index (χ4v) is 2.82. The SMILES string of the molecule is Cc1occc1C(=O)N(CCC(=O)NCCc1ccccn1)Cc1ccco1. The Labute approximate surface area is 163 Å². The van der Waals surface area contributed by atoms with E-state index in [1.165, 1.54) is 6.26 Å². The monoisotopic (exact) mass is 381 g/mol. The zero-order valence-electron chi connectivity index (χ0n) is 15.8. The summed E-state index contributed by atoms with van der Waals surface area (Å²) in [6, 6.07) is 10.9. The van der Waals surface area contributed by atoms with Gasteiger partial charge in [0.1, 0.15) is 11.5 Å². The van der Waals surface area contributed by atoms with Gasteiger partial charge in [-0.2, -0.15) is 0 Å². The van der Waals surface area contributed by atoms with Crippen molar-refractivity contribution in [1.82, 2.24) is 15.2 Å². The zero-order chi connectivity index (χ0) is 19.8. The van der Waals surface area contributed by atoms with Gasteiger partial charge in [0.15, 0.2) is 0 Å². The van der Waals surface area contributed by atoms with Crippen molar-refractivity contribution >= 4 is 11.8 Å². The summed E-state index contributed by atoms with van der Waals surface area (Å²) in [6.45, 7) is 2.81. The van der Waals surface area contributed by atoms with E-state index in [0.717, 1.165) is 5.69 Å². The number of hydrogen-bond acceptors (Lipinski definition) is 5. The number of hydrogen-bond donors (Lipinski definition) is 1. The molecule has 0 radical (unpaired) electrons. The highest BCUT2D eigenvalue weighted by molar-refractivity contribution is 5.95. The van der Waals surface area contributed by atoms with Crippen molar-refractivity contribution in [2.75, 3.05) is 13.1 Å². The molecular formula is C21H23N3O4. The average Bonchev–Trinajstić information content (AvgIpc) is 3.37. The molecule has 0 saturated carbocycles. The molecule has 0 aliphatic carbocycles. The Morgan fingerprint density at radius 1 is 1.11 bits per heavy atom. The highest BCUT2D eigenvalue weighted by atomic mass is 16.3. The lowest BCUT2D eigenvalue weighted by molar-refractivity contribution is -0.121. The van der Waals surface area contributed by atoms with E-state index in [1.54, 1.807) is 42.5 Å². The molecule has 3 heterocycles. The molecule has 3 aromatic heterocycles. The zero-order valence-corrected chi connectivity index (χ0v) is 15.8. The van der Waals surface area contributed by atoms with Crippen LogP contribution in [0.3, 0.4) is 0 Å². The van der Waals surface area contributed by atoms with Gasteiger partial charge in [-0.1, -0.05) is 6.07 Å². The third-order valence-corrected chi connectivity index (χ3v) is 4.34. The minimum atomic E-state index is -0.191. The number of aryl methyl sites for hydroxylation is 1. The van der Waals surface area contributed by atoms with Crippen molar-refractivity contribution in [3.8, 4) is 0 Å². The first-order valence-electron chi connectivity index (χ1n) is 9.16. The summed E-state index contributed by atoms with van der Waals surface area (Å²) in [7, 11) is 0. The first-order chi connectivity index (χ1) is 13.6. The number of pyridine rings is 1. The van der Waals surface area contributed by atoms with Crippen LogP contribution in [0.25, 0.3) is 0 Å². The van der Waals surface area contributed by atoms with Crippen LogP contribution in [0.15, 0.2) is 64.0 Å². The predicted octanol–water partition coefficient (Wildman–Crippen LogP) is 2.97. The maximum atomic E-state index is 12.8. The Morgan fingerprint density at radius 3 is 2.68 bits per heavy atom. The molecule has 7 nitrogen and oxygen atoms in total. The summed E-state index contributed by atoms with van der Waals surface area (Å²) in [5.41, 5.74) is 1.41. The highest BCUT2D eigenvalue weighted by Gasteiger charge is 2.21. The minimum Gasteiger partial charge on any atom is -0.469 e. The Kier molecular flexibility index (Phi) is 6.62. The molecule has 0 fully saturated rings. The Hall–Kier alpha value is -3.35. The fourth-order valence-electron chi connectivity index (χ4n) is 2.82. The number of rotatable bonds is 9. The summed E-state index contributed by atoms with van der Waals surface area (Å²) in [4.78, 5) is 30.9. The van der Waals surface area contributed by atoms with Crippen LogP contribution in [0.2, 0.25) is 0 Å². The van der Waals surface area contributed by atoms with Crippen LogP contribution in [-0.4, -0.2) is 34.8 Å². The number of amides is 2. The molecule has 3 aromatic rings. The standard InChI is InChI=1S/C21H23N3O4/c1-16-19(9-14-27-16)21(26)24(15-18-6-4-13-28-18)12-8-20(25)23-11-7-17-5-2-3-10-22-17/h2-6,9-10,13-14H,7-8,11-12,15H2,1H3,(H,23,25). The lowest BCUT2D eigenvalue weighted by Crippen LogP contribution is -2.35. The van der Waals surface area contributed by atoms with Crippen LogP contribution in [0.1, 0.15) is 34.0 Å². The van der Waals surface area contributed by atoms with Gasteiger partial charge in [0.2, 0.25) is 5.91 Å². The second kappa shape index (κ2) is 9.55. The molecule has 0 bridgehead atoms. The molecule has 146 valence electrons. The van der Waals surface area contributed by atoms with Crippen molar-refractivity contribution in [2.24, 2.45) is 0 Å². The van der Waals surface area contributed by atoms with Crippen molar-refractivity contribution < 1.29 is 18.4 Å². The normalized spacial score (nSPS) is 10.6. The second-order valence-corrected chi connectivity index (χ2v) is 6.37. The lowest BCUT2D eigenvalue weighted by Gasteiger charge is -2.21. The van der Waals surface area contributed by atoms with E-state index < -0.39 is 0 Å². The van der Waals surface area contributed by atoms with Crippen molar-refractivity contribution in [1.29, 1.82) is 0 Å². The van der Waals surface area contributed by atoms with Gasteiger partial charge in [-0.05, 0) is 37.3 Å². The van der Waals surface area contributed by atoms with Gasteiger partial charge in [0, 0.05) is 37.8 Å². The van der Waals surface area contributed by atoms with Crippen molar-refractivity contribution in [2.45, 2.75) is 26.3 Å². The number of carbonyl (C=O) groups excluding carboxylic acids is 2. The van der Waals surface area contributed by atoms with Gasteiger partial charge >= 0.3 is 0 Å². The van der Waals surface area contributed by atoms with Gasteiger partial charge in [-0.3, -0.25) is 14.6 Å². The summed E-state index contributed by atoms with van der Waals surface area (Å²) in [6.07, 6.45) is 5.64. The summed E-state index contributed by atoms with van der Waals surface area (Å²) in [5.74, 6) is 0.903. The first kappa shape index (κ1) is 19.4. The van der Waals surface area contributed by atoms with Crippen LogP contribution in [0.5, 0.6) is 0 Å². The van der Waals surface area contributed by atoms with Crippen LogP contribution in [0.4, 0.5) is 0 Å². The van der Waals surface area contributed by atoms with Gasteiger partial charge in [0.05, 0.1) is 24.6 Å². The van der Waals surface area contributed by atoms with E-state index in [0.29, 0.717) is 30.0 Å². The van der Waals surface area contributed by atoms with Crippen molar-refractivity contribution in [3.05, 3.63) is 77.9 Å². The molecule has 0 spiro atoms. The number of carbonyl (C=O) groups is 2.